The van der Waals surface area contributed by atoms with Crippen LogP contribution >= 0.6 is 0 Å². The molecular weight excluding hydrogens is 835 g/mol. The van der Waals surface area contributed by atoms with Crippen LogP contribution in [-0.4, -0.2) is 0 Å². The average molecular weight is 880 g/mol. The van der Waals surface area contributed by atoms with Crippen LogP contribution in [0.2, 0.25) is 0 Å². The Bertz CT molecular complexity index is 3650. The first-order valence-electron chi connectivity index (χ1n) is 23.7. The summed E-state index contributed by atoms with van der Waals surface area (Å²) in [5.74, 6) is 0. The van der Waals surface area contributed by atoms with E-state index in [1.165, 1.54) is 55.6 Å². The Morgan fingerprint density at radius 2 is 0.580 bits per heavy atom. The van der Waals surface area contributed by atoms with Gasteiger partial charge in [0.05, 0.1) is 5.41 Å². The first kappa shape index (κ1) is 40.3. The molecule has 12 aromatic rings. The molecule has 0 aliphatic heterocycles. The van der Waals surface area contributed by atoms with Gasteiger partial charge in [-0.25, -0.2) is 0 Å². The molecule has 0 atom stereocenters. The summed E-state index contributed by atoms with van der Waals surface area (Å²) < 4.78 is 7.04. The van der Waals surface area contributed by atoms with Crippen LogP contribution < -0.4 is 4.90 Å². The Morgan fingerprint density at radius 3 is 1.03 bits per heavy atom. The molecule has 0 saturated heterocycles. The Hall–Kier alpha value is -8.98. The second-order valence-corrected chi connectivity index (χ2v) is 18.0. The number of anilines is 3. The minimum atomic E-state index is -0.445. The number of furan rings is 1. The summed E-state index contributed by atoms with van der Waals surface area (Å²) in [7, 11) is 0. The van der Waals surface area contributed by atoms with Gasteiger partial charge in [0.1, 0.15) is 11.2 Å². The normalized spacial score (nSPS) is 12.5. The summed E-state index contributed by atoms with van der Waals surface area (Å²) in [4.78, 5) is 2.33. The molecule has 1 aromatic heterocycles. The number of rotatable bonds is 9. The molecule has 0 radical (unpaired) electrons. The van der Waals surface area contributed by atoms with E-state index in [0.29, 0.717) is 0 Å². The van der Waals surface area contributed by atoms with Crippen molar-refractivity contribution in [2.24, 2.45) is 0 Å². The molecule has 0 N–H and O–H groups in total. The Kier molecular flexibility index (Phi) is 9.77. The van der Waals surface area contributed by atoms with Gasteiger partial charge in [-0.1, -0.05) is 237 Å². The van der Waals surface area contributed by atoms with Crippen molar-refractivity contribution in [3.8, 4) is 55.6 Å². The average Bonchev–Trinajstić information content (AvgIpc) is 3.97. The van der Waals surface area contributed by atoms with Gasteiger partial charge in [-0.15, -0.1) is 0 Å². The zero-order valence-corrected chi connectivity index (χ0v) is 37.8. The summed E-state index contributed by atoms with van der Waals surface area (Å²) in [5.41, 5.74) is 21.4. The van der Waals surface area contributed by atoms with Crippen molar-refractivity contribution in [2.75, 3.05) is 4.90 Å². The van der Waals surface area contributed by atoms with E-state index in [0.717, 1.165) is 61.3 Å². The highest BCUT2D eigenvalue weighted by Crippen LogP contribution is 2.56. The molecule has 69 heavy (non-hydrogen) atoms. The quantitative estimate of drug-likeness (QED) is 0.144. The van der Waals surface area contributed by atoms with Gasteiger partial charge >= 0.3 is 0 Å². The second kappa shape index (κ2) is 16.7. The fourth-order valence-electron chi connectivity index (χ4n) is 11.0. The first-order chi connectivity index (χ1) is 34.2. The van der Waals surface area contributed by atoms with Crippen molar-refractivity contribution >= 4 is 39.0 Å². The highest BCUT2D eigenvalue weighted by Gasteiger charge is 2.45. The van der Waals surface area contributed by atoms with Gasteiger partial charge in [-0.2, -0.15) is 0 Å². The lowest BCUT2D eigenvalue weighted by atomic mass is 9.67. The molecule has 2 heteroatoms. The SMILES string of the molecule is c1ccc(-c2ccc(N(c3ccc(-c4ccccc4)cc3)c3ccc(-c4cccc5c4oc4c(-c6ccc(C7(c8ccccc8)c8ccccc8-c8ccccc87)cc6)cccc45)cc3)cc2)cc1. The zero-order valence-electron chi connectivity index (χ0n) is 37.8. The third kappa shape index (κ3) is 6.72. The van der Waals surface area contributed by atoms with Gasteiger partial charge < -0.3 is 9.32 Å². The molecule has 11 aromatic carbocycles. The summed E-state index contributed by atoms with van der Waals surface area (Å²) in [6.45, 7) is 0. The lowest BCUT2D eigenvalue weighted by molar-refractivity contribution is 0.671. The van der Waals surface area contributed by atoms with Crippen molar-refractivity contribution in [3.05, 3.63) is 295 Å². The molecule has 0 bridgehead atoms. The van der Waals surface area contributed by atoms with Gasteiger partial charge in [0.2, 0.25) is 0 Å². The third-order valence-corrected chi connectivity index (χ3v) is 14.2. The smallest absolute Gasteiger partial charge is 0.143 e. The minimum absolute atomic E-state index is 0.445. The molecule has 1 heterocycles. The van der Waals surface area contributed by atoms with E-state index >= 15 is 0 Å². The van der Waals surface area contributed by atoms with Crippen molar-refractivity contribution < 1.29 is 4.42 Å². The van der Waals surface area contributed by atoms with E-state index in [4.69, 9.17) is 4.42 Å². The van der Waals surface area contributed by atoms with Gasteiger partial charge in [0.15, 0.2) is 0 Å². The molecule has 0 amide bonds. The minimum Gasteiger partial charge on any atom is -0.455 e. The molecule has 0 unspecified atom stereocenters. The number of hydrogen-bond acceptors (Lipinski definition) is 2. The summed E-state index contributed by atoms with van der Waals surface area (Å²) in [6, 6.07) is 98.8. The van der Waals surface area contributed by atoms with Crippen LogP contribution in [0.5, 0.6) is 0 Å². The van der Waals surface area contributed by atoms with Crippen molar-refractivity contribution in [3.63, 3.8) is 0 Å². The fraction of sp³-hybridized carbons (Fsp3) is 0.0149. The van der Waals surface area contributed by atoms with E-state index in [1.54, 1.807) is 0 Å². The van der Waals surface area contributed by atoms with Crippen LogP contribution in [0.4, 0.5) is 17.1 Å². The van der Waals surface area contributed by atoms with Crippen LogP contribution in [0.15, 0.2) is 277 Å². The third-order valence-electron chi connectivity index (χ3n) is 14.2. The maximum Gasteiger partial charge on any atom is 0.143 e. The number of benzene rings is 11. The largest absolute Gasteiger partial charge is 0.455 e. The predicted molar refractivity (Wildman–Crippen MR) is 287 cm³/mol. The van der Waals surface area contributed by atoms with Crippen LogP contribution in [0.1, 0.15) is 22.3 Å². The highest BCUT2D eigenvalue weighted by molar-refractivity contribution is 6.13. The highest BCUT2D eigenvalue weighted by atomic mass is 16.3. The van der Waals surface area contributed by atoms with E-state index in [-0.39, 0.29) is 0 Å². The lowest BCUT2D eigenvalue weighted by Crippen LogP contribution is -2.28. The molecule has 13 rings (SSSR count). The van der Waals surface area contributed by atoms with Crippen molar-refractivity contribution in [2.45, 2.75) is 5.41 Å². The number of hydrogen-bond donors (Lipinski definition) is 0. The van der Waals surface area contributed by atoms with E-state index < -0.39 is 5.41 Å². The van der Waals surface area contributed by atoms with Crippen LogP contribution in [0.3, 0.4) is 0 Å². The summed E-state index contributed by atoms with van der Waals surface area (Å²) in [5, 5.41) is 2.21. The molecule has 0 saturated carbocycles. The van der Waals surface area contributed by atoms with Crippen LogP contribution in [0.25, 0.3) is 77.6 Å². The van der Waals surface area contributed by atoms with Gasteiger partial charge in [0, 0.05) is 39.0 Å². The van der Waals surface area contributed by atoms with Crippen LogP contribution in [0, 0.1) is 0 Å². The molecule has 2 nitrogen and oxygen atoms in total. The lowest BCUT2D eigenvalue weighted by Gasteiger charge is -2.34. The maximum absolute atomic E-state index is 7.04. The number of nitrogens with zero attached hydrogens (tertiary/aromatic N) is 1. The summed E-state index contributed by atoms with van der Waals surface area (Å²) in [6.07, 6.45) is 0. The van der Waals surface area contributed by atoms with Gasteiger partial charge in [-0.3, -0.25) is 0 Å². The molecule has 1 aliphatic carbocycles. The summed E-state index contributed by atoms with van der Waals surface area (Å²) >= 11 is 0. The molecule has 1 aliphatic rings. The van der Waals surface area contributed by atoms with E-state index in [9.17, 15) is 0 Å². The monoisotopic (exact) mass is 879 g/mol. The molecule has 324 valence electrons. The van der Waals surface area contributed by atoms with E-state index in [2.05, 4.69) is 278 Å². The topological polar surface area (TPSA) is 16.4 Å². The standard InChI is InChI=1S/C67H45NO/c1-4-16-46(17-5-1)48-32-40-54(41-33-48)68(55-42-34-49(35-43-55)47-18-6-2-7-19-47)56-44-36-51(37-45-56)58-25-15-27-62-61-26-14-24-57(65(61)69-66(58)62)50-30-38-53(39-31-50)67(52-20-8-3-9-21-52)63-28-12-10-22-59(63)60-23-11-13-29-64(60)67/h1-45H. The fourth-order valence-corrected chi connectivity index (χ4v) is 11.0. The Morgan fingerprint density at radius 1 is 0.246 bits per heavy atom. The Balaban J connectivity index is 0.870. The molecule has 0 fully saturated rings. The maximum atomic E-state index is 7.04. The second-order valence-electron chi connectivity index (χ2n) is 18.0. The number of para-hydroxylation sites is 2. The molecule has 0 spiro atoms. The van der Waals surface area contributed by atoms with Gasteiger partial charge in [-0.05, 0) is 103 Å². The number of fused-ring (bicyclic) bond motifs is 6. The Labute approximate surface area is 402 Å². The van der Waals surface area contributed by atoms with E-state index in [1.807, 2.05) is 0 Å². The predicted octanol–water partition coefficient (Wildman–Crippen LogP) is 18.1. The van der Waals surface area contributed by atoms with Crippen molar-refractivity contribution in [1.82, 2.24) is 0 Å². The molecular formula is C67H45NO. The first-order valence-corrected chi connectivity index (χ1v) is 23.7. The van der Waals surface area contributed by atoms with Crippen molar-refractivity contribution in [1.29, 1.82) is 0 Å². The van der Waals surface area contributed by atoms with Gasteiger partial charge in [0.25, 0.3) is 0 Å². The van der Waals surface area contributed by atoms with Crippen LogP contribution in [-0.2, 0) is 5.41 Å². The zero-order chi connectivity index (χ0) is 45.7.